The van der Waals surface area contributed by atoms with Gasteiger partial charge in [0.1, 0.15) is 5.82 Å². The van der Waals surface area contributed by atoms with Crippen LogP contribution in [0.4, 0.5) is 10.1 Å². The Morgan fingerprint density at radius 2 is 1.68 bits per heavy atom. The molecule has 2 aliphatic carbocycles. The molecule has 0 radical (unpaired) electrons. The molecule has 4 aromatic rings. The Morgan fingerprint density at radius 3 is 2.27 bits per heavy atom. The van der Waals surface area contributed by atoms with Crippen molar-refractivity contribution < 1.29 is 22.1 Å². The largest absolute Gasteiger partial charge is 0.334 e. The first-order valence-electron chi connectivity index (χ1n) is 12.6. The predicted molar refractivity (Wildman–Crippen MR) is 148 cm³/mol. The fraction of sp³-hybridized carbons (Fsp3) is 0.250. The van der Waals surface area contributed by atoms with Gasteiger partial charge in [-0.2, -0.15) is 4.98 Å². The summed E-state index contributed by atoms with van der Waals surface area (Å²) >= 11 is 13.3. The number of aromatic nitrogens is 2. The lowest BCUT2D eigenvalue weighted by atomic mass is 9.94. The number of sulfonamides is 1. The third-order valence-electron chi connectivity index (χ3n) is 7.00. The third kappa shape index (κ3) is 5.49. The van der Waals surface area contributed by atoms with Crippen LogP contribution in [0.3, 0.4) is 0 Å². The molecular weight excluding hydrogens is 578 g/mol. The van der Waals surface area contributed by atoms with E-state index in [4.69, 9.17) is 27.7 Å². The molecule has 1 amide bonds. The molecule has 206 valence electrons. The number of hydrogen-bond donors (Lipinski definition) is 2. The summed E-state index contributed by atoms with van der Waals surface area (Å²) in [5.74, 6) is 0.0280. The Balaban J connectivity index is 1.15. The number of halogens is 3. The maximum absolute atomic E-state index is 13.3. The molecule has 0 bridgehead atoms. The highest BCUT2D eigenvalue weighted by atomic mass is 35.5. The zero-order valence-electron chi connectivity index (χ0n) is 21.0. The van der Waals surface area contributed by atoms with Gasteiger partial charge < -0.3 is 9.84 Å². The van der Waals surface area contributed by atoms with Crippen molar-refractivity contribution in [3.63, 3.8) is 0 Å². The summed E-state index contributed by atoms with van der Waals surface area (Å²) in [6, 6.07) is 15.2. The molecule has 0 atom stereocenters. The van der Waals surface area contributed by atoms with Crippen molar-refractivity contribution in [2.24, 2.45) is 0 Å². The second-order valence-corrected chi connectivity index (χ2v) is 12.6. The Kier molecular flexibility index (Phi) is 6.90. The summed E-state index contributed by atoms with van der Waals surface area (Å²) in [6.45, 7) is 0. The smallest absolute Gasteiger partial charge is 0.257 e. The van der Waals surface area contributed by atoms with Crippen LogP contribution in [0.1, 0.15) is 42.6 Å². The fourth-order valence-electron chi connectivity index (χ4n) is 4.61. The van der Waals surface area contributed by atoms with E-state index in [9.17, 15) is 17.6 Å². The molecule has 0 unspecified atom stereocenters. The van der Waals surface area contributed by atoms with Crippen molar-refractivity contribution >= 4 is 44.8 Å². The molecule has 12 heteroatoms. The molecule has 0 spiro atoms. The minimum atomic E-state index is -3.55. The van der Waals surface area contributed by atoms with Crippen LogP contribution in [0.5, 0.6) is 0 Å². The summed E-state index contributed by atoms with van der Waals surface area (Å²) in [7, 11) is -3.55. The lowest BCUT2D eigenvalue weighted by Crippen LogP contribution is -2.25. The third-order valence-corrected chi connectivity index (χ3v) is 9.13. The molecule has 2 saturated carbocycles. The number of nitrogens with one attached hydrogen (secondary N) is 2. The average molecular weight is 601 g/mol. The first kappa shape index (κ1) is 26.9. The maximum atomic E-state index is 13.3. The zero-order chi connectivity index (χ0) is 28.1. The molecule has 40 heavy (non-hydrogen) atoms. The molecular formula is C28H23Cl2FN4O4S. The molecule has 2 N–H and O–H groups in total. The minimum Gasteiger partial charge on any atom is -0.334 e. The van der Waals surface area contributed by atoms with E-state index in [0.717, 1.165) is 12.8 Å². The number of amides is 1. The molecule has 0 saturated heterocycles. The SMILES string of the molecule is O=C(Cc1ccc(S(=O)(=O)NC2CC2)cc1)Nc1cc(Cl)c(C2(c3noc(-c4ccc(F)cc4)n3)CC2)c(Cl)c1. The van der Waals surface area contributed by atoms with Gasteiger partial charge in [0, 0.05) is 32.9 Å². The van der Waals surface area contributed by atoms with Gasteiger partial charge in [-0.3, -0.25) is 4.79 Å². The van der Waals surface area contributed by atoms with Gasteiger partial charge in [0.25, 0.3) is 5.89 Å². The van der Waals surface area contributed by atoms with Crippen molar-refractivity contribution in [1.29, 1.82) is 0 Å². The summed E-state index contributed by atoms with van der Waals surface area (Å²) < 4.78 is 46.1. The topological polar surface area (TPSA) is 114 Å². The predicted octanol–water partition coefficient (Wildman–Crippen LogP) is 5.88. The minimum absolute atomic E-state index is 0.0152. The van der Waals surface area contributed by atoms with Crippen molar-refractivity contribution in [2.75, 3.05) is 5.32 Å². The quantitative estimate of drug-likeness (QED) is 0.248. The Bertz CT molecular complexity index is 1680. The second kappa shape index (κ2) is 10.3. The van der Waals surface area contributed by atoms with Crippen molar-refractivity contribution in [1.82, 2.24) is 14.9 Å². The first-order chi connectivity index (χ1) is 19.1. The van der Waals surface area contributed by atoms with E-state index in [1.54, 1.807) is 36.4 Å². The second-order valence-electron chi connectivity index (χ2n) is 10.1. The maximum Gasteiger partial charge on any atom is 0.257 e. The van der Waals surface area contributed by atoms with Gasteiger partial charge in [0.15, 0.2) is 5.82 Å². The van der Waals surface area contributed by atoms with E-state index in [1.807, 2.05) is 0 Å². The van der Waals surface area contributed by atoms with Gasteiger partial charge in [-0.15, -0.1) is 0 Å². The van der Waals surface area contributed by atoms with Crippen LogP contribution in [0.25, 0.3) is 11.5 Å². The van der Waals surface area contributed by atoms with E-state index in [2.05, 4.69) is 20.2 Å². The number of anilines is 1. The van der Waals surface area contributed by atoms with Gasteiger partial charge in [-0.1, -0.05) is 40.5 Å². The van der Waals surface area contributed by atoms with Gasteiger partial charge in [-0.05, 0) is 79.8 Å². The number of benzene rings is 3. The zero-order valence-corrected chi connectivity index (χ0v) is 23.3. The fourth-order valence-corrected chi connectivity index (χ4v) is 6.76. The van der Waals surface area contributed by atoms with Gasteiger partial charge in [0.05, 0.1) is 16.7 Å². The lowest BCUT2D eigenvalue weighted by Gasteiger charge is -2.17. The Labute approximate surface area is 239 Å². The molecule has 2 fully saturated rings. The normalized spacial score (nSPS) is 16.1. The highest BCUT2D eigenvalue weighted by Crippen LogP contribution is 2.57. The molecule has 3 aromatic carbocycles. The Hall–Kier alpha value is -3.31. The summed E-state index contributed by atoms with van der Waals surface area (Å²) in [5, 5.41) is 7.66. The number of carbonyl (C=O) groups is 1. The van der Waals surface area contributed by atoms with Crippen molar-refractivity contribution in [2.45, 2.75) is 48.5 Å². The van der Waals surface area contributed by atoms with Crippen LogP contribution in [0.2, 0.25) is 10.0 Å². The molecule has 6 rings (SSSR count). The van der Waals surface area contributed by atoms with E-state index in [1.165, 1.54) is 24.3 Å². The van der Waals surface area contributed by atoms with Gasteiger partial charge in [-0.25, -0.2) is 17.5 Å². The van der Waals surface area contributed by atoms with E-state index < -0.39 is 15.4 Å². The average Bonchev–Trinajstić information content (AvgIpc) is 3.83. The summed E-state index contributed by atoms with van der Waals surface area (Å²) in [6.07, 6.45) is 3.16. The van der Waals surface area contributed by atoms with E-state index in [0.29, 0.717) is 51.1 Å². The van der Waals surface area contributed by atoms with Crippen LogP contribution in [0.15, 0.2) is 70.1 Å². The van der Waals surface area contributed by atoms with Crippen LogP contribution in [0, 0.1) is 5.82 Å². The monoisotopic (exact) mass is 600 g/mol. The molecule has 1 aromatic heterocycles. The van der Waals surface area contributed by atoms with E-state index >= 15 is 0 Å². The number of nitrogens with zero attached hydrogens (tertiary/aromatic N) is 2. The van der Waals surface area contributed by atoms with Crippen LogP contribution >= 0.6 is 23.2 Å². The van der Waals surface area contributed by atoms with Crippen molar-refractivity contribution in [3.05, 3.63) is 93.5 Å². The number of rotatable bonds is 9. The van der Waals surface area contributed by atoms with Crippen LogP contribution in [-0.4, -0.2) is 30.5 Å². The standard InChI is InChI=1S/C28H23Cl2FN4O4S/c29-22-14-20(32-24(36)13-16-1-9-21(10-2-16)40(37,38)35-19-7-8-19)15-23(30)25(22)28(11-12-28)27-33-26(39-34-27)17-3-5-18(31)6-4-17/h1-6,9-10,14-15,19,35H,7-8,11-13H2,(H,32,36). The summed E-state index contributed by atoms with van der Waals surface area (Å²) in [5.41, 5.74) is 1.71. The molecule has 0 aliphatic heterocycles. The lowest BCUT2D eigenvalue weighted by molar-refractivity contribution is -0.115. The molecule has 2 aliphatic rings. The highest BCUT2D eigenvalue weighted by Gasteiger charge is 2.52. The first-order valence-corrected chi connectivity index (χ1v) is 14.9. The van der Waals surface area contributed by atoms with E-state index in [-0.39, 0.29) is 35.0 Å². The highest BCUT2D eigenvalue weighted by molar-refractivity contribution is 7.89. The van der Waals surface area contributed by atoms with Crippen molar-refractivity contribution in [3.8, 4) is 11.5 Å². The Morgan fingerprint density at radius 1 is 1.02 bits per heavy atom. The number of hydrogen-bond acceptors (Lipinski definition) is 6. The van der Waals surface area contributed by atoms with Gasteiger partial charge >= 0.3 is 0 Å². The molecule has 8 nitrogen and oxygen atoms in total. The summed E-state index contributed by atoms with van der Waals surface area (Å²) in [4.78, 5) is 17.4. The van der Waals surface area contributed by atoms with Gasteiger partial charge in [0.2, 0.25) is 15.9 Å². The molecule has 1 heterocycles. The number of carbonyl (C=O) groups excluding carboxylic acids is 1. The van der Waals surface area contributed by atoms with Crippen LogP contribution in [-0.2, 0) is 26.7 Å². The van der Waals surface area contributed by atoms with Crippen LogP contribution < -0.4 is 10.0 Å².